The molecule has 0 radical (unpaired) electrons. The average Bonchev–Trinajstić information content (AvgIpc) is 2.54. The van der Waals surface area contributed by atoms with Crippen molar-refractivity contribution >= 4 is 5.69 Å². The lowest BCUT2D eigenvalue weighted by atomic mass is 9.95. The van der Waals surface area contributed by atoms with E-state index in [1.165, 1.54) is 12.1 Å². The first-order chi connectivity index (χ1) is 7.16. The first kappa shape index (κ1) is 10.5. The van der Waals surface area contributed by atoms with Gasteiger partial charge in [0.2, 0.25) is 0 Å². The van der Waals surface area contributed by atoms with E-state index in [2.05, 4.69) is 61.4 Å². The van der Waals surface area contributed by atoms with Crippen molar-refractivity contribution in [2.24, 2.45) is 0 Å². The number of nitrogens with zero attached hydrogens (tertiary/aromatic N) is 1. The second-order valence-corrected chi connectivity index (χ2v) is 4.77. The minimum Gasteiger partial charge on any atom is -0.365 e. The van der Waals surface area contributed by atoms with Crippen molar-refractivity contribution in [1.82, 2.24) is 5.32 Å². The van der Waals surface area contributed by atoms with Gasteiger partial charge in [0, 0.05) is 23.8 Å². The van der Waals surface area contributed by atoms with E-state index >= 15 is 0 Å². The summed E-state index contributed by atoms with van der Waals surface area (Å²) in [6, 6.07) is 11.3. The minimum atomic E-state index is 0.204. The fourth-order valence-corrected chi connectivity index (χ4v) is 2.66. The summed E-state index contributed by atoms with van der Waals surface area (Å²) in [6.45, 7) is 5.77. The van der Waals surface area contributed by atoms with E-state index in [4.69, 9.17) is 0 Å². The molecule has 1 heterocycles. The Labute approximate surface area is 92.3 Å². The molecule has 2 rings (SSSR count). The molecule has 1 N–H and O–H groups in total. The van der Waals surface area contributed by atoms with E-state index in [1.54, 1.807) is 0 Å². The smallest absolute Gasteiger partial charge is 0.0499 e. The Morgan fingerprint density at radius 1 is 1.27 bits per heavy atom. The van der Waals surface area contributed by atoms with Crippen LogP contribution >= 0.6 is 0 Å². The van der Waals surface area contributed by atoms with Gasteiger partial charge in [-0.1, -0.05) is 18.2 Å². The molecule has 1 aliphatic rings. The Hall–Kier alpha value is -1.02. The number of rotatable bonds is 2. The van der Waals surface area contributed by atoms with Crippen molar-refractivity contribution < 1.29 is 0 Å². The summed E-state index contributed by atoms with van der Waals surface area (Å²) in [6.07, 6.45) is 1.22. The highest BCUT2D eigenvalue weighted by atomic mass is 15.3. The van der Waals surface area contributed by atoms with Crippen LogP contribution in [0, 0.1) is 0 Å². The van der Waals surface area contributed by atoms with Crippen molar-refractivity contribution in [3.8, 4) is 0 Å². The maximum atomic E-state index is 3.41. The van der Waals surface area contributed by atoms with E-state index in [1.807, 2.05) is 0 Å². The largest absolute Gasteiger partial charge is 0.365 e. The first-order valence-electron chi connectivity index (χ1n) is 5.66. The molecule has 0 amide bonds. The van der Waals surface area contributed by atoms with Gasteiger partial charge in [0.05, 0.1) is 0 Å². The van der Waals surface area contributed by atoms with Crippen molar-refractivity contribution in [3.63, 3.8) is 0 Å². The zero-order valence-corrected chi connectivity index (χ0v) is 9.83. The standard InChI is InChI=1S/C13H20N2/c1-13(2)12(14-3)9-10-15(13)11-7-5-4-6-8-11/h4-8,12,14H,9-10H2,1-3H3. The van der Waals surface area contributed by atoms with Crippen LogP contribution in [0.1, 0.15) is 20.3 Å². The van der Waals surface area contributed by atoms with Gasteiger partial charge in [0.15, 0.2) is 0 Å². The van der Waals surface area contributed by atoms with Gasteiger partial charge >= 0.3 is 0 Å². The van der Waals surface area contributed by atoms with E-state index in [0.717, 1.165) is 6.54 Å². The van der Waals surface area contributed by atoms with Gasteiger partial charge in [-0.15, -0.1) is 0 Å². The molecule has 1 aromatic carbocycles. The second-order valence-electron chi connectivity index (χ2n) is 4.77. The summed E-state index contributed by atoms with van der Waals surface area (Å²) in [5.74, 6) is 0. The van der Waals surface area contributed by atoms with Crippen molar-refractivity contribution in [2.75, 3.05) is 18.5 Å². The minimum absolute atomic E-state index is 0.204. The maximum absolute atomic E-state index is 3.41. The van der Waals surface area contributed by atoms with Gasteiger partial charge in [0.1, 0.15) is 0 Å². The Balaban J connectivity index is 2.26. The Morgan fingerprint density at radius 2 is 1.93 bits per heavy atom. The molecule has 0 saturated carbocycles. The van der Waals surface area contributed by atoms with Gasteiger partial charge < -0.3 is 10.2 Å². The molecular weight excluding hydrogens is 184 g/mol. The van der Waals surface area contributed by atoms with Crippen LogP contribution in [-0.2, 0) is 0 Å². The summed E-state index contributed by atoms with van der Waals surface area (Å²) >= 11 is 0. The highest BCUT2D eigenvalue weighted by Gasteiger charge is 2.40. The van der Waals surface area contributed by atoms with Crippen LogP contribution in [0.2, 0.25) is 0 Å². The predicted molar refractivity (Wildman–Crippen MR) is 65.3 cm³/mol. The molecule has 1 aliphatic heterocycles. The molecule has 15 heavy (non-hydrogen) atoms. The van der Waals surface area contributed by atoms with Gasteiger partial charge in [-0.3, -0.25) is 0 Å². The Bertz CT molecular complexity index is 319. The van der Waals surface area contributed by atoms with Gasteiger partial charge in [-0.05, 0) is 39.4 Å². The third kappa shape index (κ3) is 1.74. The number of hydrogen-bond donors (Lipinski definition) is 1. The molecule has 82 valence electrons. The maximum Gasteiger partial charge on any atom is 0.0499 e. The molecule has 2 heteroatoms. The fourth-order valence-electron chi connectivity index (χ4n) is 2.66. The second kappa shape index (κ2) is 3.86. The topological polar surface area (TPSA) is 15.3 Å². The van der Waals surface area contributed by atoms with Crippen LogP contribution < -0.4 is 10.2 Å². The highest BCUT2D eigenvalue weighted by molar-refractivity contribution is 5.50. The zero-order valence-electron chi connectivity index (χ0n) is 9.83. The Kier molecular flexibility index (Phi) is 2.70. The van der Waals surface area contributed by atoms with Crippen LogP contribution in [-0.4, -0.2) is 25.2 Å². The predicted octanol–water partition coefficient (Wildman–Crippen LogP) is 2.26. The third-order valence-corrected chi connectivity index (χ3v) is 3.61. The number of nitrogens with one attached hydrogen (secondary N) is 1. The van der Waals surface area contributed by atoms with Gasteiger partial charge in [-0.2, -0.15) is 0 Å². The molecular formula is C13H20N2. The lowest BCUT2D eigenvalue weighted by Crippen LogP contribution is -2.50. The molecule has 1 aromatic rings. The quantitative estimate of drug-likeness (QED) is 0.795. The first-order valence-corrected chi connectivity index (χ1v) is 5.66. The van der Waals surface area contributed by atoms with Crippen LogP contribution in [0.4, 0.5) is 5.69 Å². The molecule has 0 spiro atoms. The number of para-hydroxylation sites is 1. The summed E-state index contributed by atoms with van der Waals surface area (Å²) in [4.78, 5) is 2.49. The van der Waals surface area contributed by atoms with Crippen molar-refractivity contribution in [2.45, 2.75) is 31.8 Å². The molecule has 0 aromatic heterocycles. The summed E-state index contributed by atoms with van der Waals surface area (Å²) in [5.41, 5.74) is 1.54. The molecule has 1 unspecified atom stereocenters. The van der Waals surface area contributed by atoms with Crippen LogP contribution in [0.5, 0.6) is 0 Å². The Morgan fingerprint density at radius 3 is 2.47 bits per heavy atom. The summed E-state index contributed by atoms with van der Waals surface area (Å²) in [7, 11) is 2.06. The molecule has 1 atom stereocenters. The molecule has 0 aliphatic carbocycles. The van der Waals surface area contributed by atoms with E-state index in [0.29, 0.717) is 6.04 Å². The lowest BCUT2D eigenvalue weighted by molar-refractivity contribution is 0.403. The molecule has 1 saturated heterocycles. The van der Waals surface area contributed by atoms with E-state index in [-0.39, 0.29) is 5.54 Å². The number of anilines is 1. The third-order valence-electron chi connectivity index (χ3n) is 3.61. The fraction of sp³-hybridized carbons (Fsp3) is 0.538. The highest BCUT2D eigenvalue weighted by Crippen LogP contribution is 2.33. The van der Waals surface area contributed by atoms with Crippen LogP contribution in [0.15, 0.2) is 30.3 Å². The zero-order chi connectivity index (χ0) is 10.9. The normalized spacial score (nSPS) is 24.5. The van der Waals surface area contributed by atoms with Crippen molar-refractivity contribution in [1.29, 1.82) is 0 Å². The monoisotopic (exact) mass is 204 g/mol. The van der Waals surface area contributed by atoms with Gasteiger partial charge in [-0.25, -0.2) is 0 Å². The molecule has 0 bridgehead atoms. The number of likely N-dealkylation sites (N-methyl/N-ethyl adjacent to an activating group) is 1. The SMILES string of the molecule is CNC1CCN(c2ccccc2)C1(C)C. The summed E-state index contributed by atoms with van der Waals surface area (Å²) < 4.78 is 0. The van der Waals surface area contributed by atoms with Crippen LogP contribution in [0.3, 0.4) is 0 Å². The number of benzene rings is 1. The average molecular weight is 204 g/mol. The van der Waals surface area contributed by atoms with E-state index in [9.17, 15) is 0 Å². The molecule has 1 fully saturated rings. The molecule has 2 nitrogen and oxygen atoms in total. The number of hydrogen-bond acceptors (Lipinski definition) is 2. The lowest BCUT2D eigenvalue weighted by Gasteiger charge is -2.37. The van der Waals surface area contributed by atoms with E-state index < -0.39 is 0 Å². The van der Waals surface area contributed by atoms with Crippen molar-refractivity contribution in [3.05, 3.63) is 30.3 Å². The summed E-state index contributed by atoms with van der Waals surface area (Å²) in [5, 5.41) is 3.41. The van der Waals surface area contributed by atoms with Crippen LogP contribution in [0.25, 0.3) is 0 Å². The van der Waals surface area contributed by atoms with Gasteiger partial charge in [0.25, 0.3) is 0 Å².